The number of aliphatic hydroxyl groups is 2. The number of aliphatic hydroxyl groups excluding tert-OH is 2. The van der Waals surface area contributed by atoms with Gasteiger partial charge in [0.05, 0.1) is 13.2 Å². The highest BCUT2D eigenvalue weighted by Gasteiger charge is 2.18. The molecule has 0 aliphatic carbocycles. The zero-order valence-electron chi connectivity index (χ0n) is 7.45. The van der Waals surface area contributed by atoms with Crippen molar-refractivity contribution in [2.45, 2.75) is 12.2 Å². The van der Waals surface area contributed by atoms with Crippen LogP contribution >= 0.6 is 0 Å². The molecule has 2 atom stereocenters. The molecule has 2 N–H and O–H groups in total. The van der Waals surface area contributed by atoms with Crippen LogP contribution in [0.2, 0.25) is 0 Å². The van der Waals surface area contributed by atoms with Gasteiger partial charge in [0, 0.05) is 18.0 Å². The first-order valence-electron chi connectivity index (χ1n) is 3.80. The Morgan fingerprint density at radius 2 is 2.00 bits per heavy atom. The molecule has 6 nitrogen and oxygen atoms in total. The van der Waals surface area contributed by atoms with Crippen LogP contribution in [0.3, 0.4) is 0 Å². The summed E-state index contributed by atoms with van der Waals surface area (Å²) in [5, 5.41) is 26.7. The Hall–Kier alpha value is -1.71. The number of nitriles is 1. The molecule has 0 saturated heterocycles. The molecular formula is C8H9N3O3. The molecule has 0 aliphatic heterocycles. The minimum Gasteiger partial charge on any atom is -0.467 e. The molecule has 1 heterocycles. The fourth-order valence-electron chi connectivity index (χ4n) is 0.837. The molecule has 1 rings (SSSR count). The van der Waals surface area contributed by atoms with E-state index in [-0.39, 0.29) is 11.6 Å². The molecule has 0 saturated carbocycles. The lowest BCUT2D eigenvalue weighted by atomic mass is 10.1. The van der Waals surface area contributed by atoms with E-state index in [0.717, 1.165) is 0 Å². The van der Waals surface area contributed by atoms with E-state index in [0.29, 0.717) is 0 Å². The molecule has 74 valence electrons. The minimum atomic E-state index is -1.48. The Kier molecular flexibility index (Phi) is 3.34. The van der Waals surface area contributed by atoms with Crippen molar-refractivity contribution in [3.63, 3.8) is 0 Å². The van der Waals surface area contributed by atoms with Crippen molar-refractivity contribution in [3.05, 3.63) is 18.0 Å². The van der Waals surface area contributed by atoms with Gasteiger partial charge in [-0.25, -0.2) is 9.97 Å². The van der Waals surface area contributed by atoms with Crippen LogP contribution in [0.4, 0.5) is 0 Å². The third kappa shape index (κ3) is 2.16. The van der Waals surface area contributed by atoms with E-state index < -0.39 is 12.2 Å². The summed E-state index contributed by atoms with van der Waals surface area (Å²) in [5.41, 5.74) is 0.264. The highest BCUT2D eigenvalue weighted by atomic mass is 16.5. The van der Waals surface area contributed by atoms with E-state index >= 15 is 0 Å². The van der Waals surface area contributed by atoms with Crippen molar-refractivity contribution in [2.24, 2.45) is 0 Å². The van der Waals surface area contributed by atoms with Crippen LogP contribution in [0.25, 0.3) is 0 Å². The van der Waals surface area contributed by atoms with Crippen molar-refractivity contribution in [3.8, 4) is 12.1 Å². The van der Waals surface area contributed by atoms with E-state index in [2.05, 4.69) is 9.97 Å². The van der Waals surface area contributed by atoms with Gasteiger partial charge in [0.15, 0.2) is 6.10 Å². The zero-order valence-corrected chi connectivity index (χ0v) is 7.45. The lowest BCUT2D eigenvalue weighted by molar-refractivity contribution is 0.0522. The third-order valence-corrected chi connectivity index (χ3v) is 1.60. The van der Waals surface area contributed by atoms with Gasteiger partial charge >= 0.3 is 6.01 Å². The molecule has 1 aromatic heterocycles. The van der Waals surface area contributed by atoms with Gasteiger partial charge in [-0.3, -0.25) is 0 Å². The summed E-state index contributed by atoms with van der Waals surface area (Å²) < 4.78 is 4.70. The number of ether oxygens (including phenoxy) is 1. The molecule has 0 radical (unpaired) electrons. The van der Waals surface area contributed by atoms with E-state index in [1.807, 2.05) is 0 Å². The first kappa shape index (κ1) is 10.4. The predicted octanol–water partition coefficient (Wildman–Crippen LogP) is -0.597. The maximum atomic E-state index is 9.36. The number of nitrogens with zero attached hydrogens (tertiary/aromatic N) is 3. The molecule has 1 aromatic rings. The summed E-state index contributed by atoms with van der Waals surface area (Å²) in [4.78, 5) is 7.44. The first-order valence-corrected chi connectivity index (χ1v) is 3.80. The maximum Gasteiger partial charge on any atom is 0.316 e. The third-order valence-electron chi connectivity index (χ3n) is 1.60. The number of rotatable bonds is 3. The molecule has 6 heteroatoms. The summed E-state index contributed by atoms with van der Waals surface area (Å²) in [7, 11) is 1.41. The van der Waals surface area contributed by atoms with Gasteiger partial charge in [-0.2, -0.15) is 5.26 Å². The maximum absolute atomic E-state index is 9.36. The van der Waals surface area contributed by atoms with E-state index in [1.165, 1.54) is 25.6 Å². The largest absolute Gasteiger partial charge is 0.467 e. The lowest BCUT2D eigenvalue weighted by Crippen LogP contribution is -2.16. The number of aromatic nitrogens is 2. The smallest absolute Gasteiger partial charge is 0.316 e. The lowest BCUT2D eigenvalue weighted by Gasteiger charge is -2.10. The summed E-state index contributed by atoms with van der Waals surface area (Å²) in [6, 6.07) is 1.67. The van der Waals surface area contributed by atoms with Crippen LogP contribution in [0.5, 0.6) is 6.01 Å². The molecule has 0 aromatic carbocycles. The van der Waals surface area contributed by atoms with Gasteiger partial charge in [0.25, 0.3) is 0 Å². The second-order valence-corrected chi connectivity index (χ2v) is 2.52. The van der Waals surface area contributed by atoms with Gasteiger partial charge in [0.1, 0.15) is 6.10 Å². The van der Waals surface area contributed by atoms with Crippen molar-refractivity contribution in [1.29, 1.82) is 5.26 Å². The van der Waals surface area contributed by atoms with Crippen LogP contribution < -0.4 is 4.74 Å². The normalized spacial score (nSPS) is 14.1. The zero-order chi connectivity index (χ0) is 10.6. The van der Waals surface area contributed by atoms with Crippen LogP contribution in [-0.4, -0.2) is 33.4 Å². The number of methoxy groups -OCH3 is 1. The summed E-state index contributed by atoms with van der Waals surface area (Å²) in [6.07, 6.45) is -0.202. The second-order valence-electron chi connectivity index (χ2n) is 2.52. The number of hydrogen-bond donors (Lipinski definition) is 2. The average molecular weight is 195 g/mol. The van der Waals surface area contributed by atoms with Crippen LogP contribution in [0.15, 0.2) is 12.4 Å². The van der Waals surface area contributed by atoms with E-state index in [1.54, 1.807) is 0 Å². The second kappa shape index (κ2) is 4.50. The quantitative estimate of drug-likeness (QED) is 0.625. The summed E-state index contributed by atoms with van der Waals surface area (Å²) in [6.45, 7) is 0. The molecule has 14 heavy (non-hydrogen) atoms. The van der Waals surface area contributed by atoms with Crippen molar-refractivity contribution >= 4 is 0 Å². The van der Waals surface area contributed by atoms with Gasteiger partial charge in [-0.15, -0.1) is 0 Å². The van der Waals surface area contributed by atoms with Crippen LogP contribution in [0, 0.1) is 11.3 Å². The molecule has 0 aliphatic rings. The molecule has 0 bridgehead atoms. The first-order chi connectivity index (χ1) is 6.69. The van der Waals surface area contributed by atoms with Crippen molar-refractivity contribution in [1.82, 2.24) is 9.97 Å². The topological polar surface area (TPSA) is 99.3 Å². The van der Waals surface area contributed by atoms with Gasteiger partial charge in [-0.1, -0.05) is 0 Å². The Balaban J connectivity index is 2.82. The molecule has 0 fully saturated rings. The van der Waals surface area contributed by atoms with Gasteiger partial charge < -0.3 is 14.9 Å². The average Bonchev–Trinajstić information content (AvgIpc) is 2.27. The highest BCUT2D eigenvalue weighted by molar-refractivity contribution is 5.14. The SMILES string of the molecule is COc1ncc(C(O)C(O)C#N)cn1. The number of hydrogen-bond acceptors (Lipinski definition) is 6. The molecule has 2 unspecified atom stereocenters. The van der Waals surface area contributed by atoms with Gasteiger partial charge in [0.2, 0.25) is 0 Å². The Labute approximate surface area is 80.4 Å². The fraction of sp³-hybridized carbons (Fsp3) is 0.375. The molecular weight excluding hydrogens is 186 g/mol. The van der Waals surface area contributed by atoms with Crippen LogP contribution in [-0.2, 0) is 0 Å². The van der Waals surface area contributed by atoms with Crippen molar-refractivity contribution in [2.75, 3.05) is 7.11 Å². The predicted molar refractivity (Wildman–Crippen MR) is 45.2 cm³/mol. The summed E-state index contributed by atoms with van der Waals surface area (Å²) in [5.74, 6) is 0. The Bertz CT molecular complexity index is 333. The Morgan fingerprint density at radius 1 is 1.43 bits per heavy atom. The molecule has 0 amide bonds. The monoisotopic (exact) mass is 195 g/mol. The van der Waals surface area contributed by atoms with E-state index in [9.17, 15) is 5.11 Å². The van der Waals surface area contributed by atoms with Crippen LogP contribution in [0.1, 0.15) is 11.7 Å². The Morgan fingerprint density at radius 3 is 2.43 bits per heavy atom. The van der Waals surface area contributed by atoms with E-state index in [4.69, 9.17) is 15.1 Å². The highest BCUT2D eigenvalue weighted by Crippen LogP contribution is 2.15. The molecule has 0 spiro atoms. The van der Waals surface area contributed by atoms with Gasteiger partial charge in [-0.05, 0) is 0 Å². The fourth-order valence-corrected chi connectivity index (χ4v) is 0.837. The minimum absolute atomic E-state index is 0.160. The van der Waals surface area contributed by atoms with Crippen molar-refractivity contribution < 1.29 is 14.9 Å². The summed E-state index contributed by atoms with van der Waals surface area (Å²) >= 11 is 0. The standard InChI is InChI=1S/C8H9N3O3/c1-14-8-10-3-5(4-11-8)7(13)6(12)2-9/h3-4,6-7,12-13H,1H3.